The van der Waals surface area contributed by atoms with Crippen LogP contribution in [0.5, 0.6) is 0 Å². The first-order valence-electron chi connectivity index (χ1n) is 6.19. The molecule has 0 unspecified atom stereocenters. The zero-order valence-electron chi connectivity index (χ0n) is 11.2. The van der Waals surface area contributed by atoms with Crippen molar-refractivity contribution in [2.45, 2.75) is 19.4 Å². The van der Waals surface area contributed by atoms with Gasteiger partial charge >= 0.3 is 0 Å². The Morgan fingerprint density at radius 3 is 2.72 bits per heavy atom. The summed E-state index contributed by atoms with van der Waals surface area (Å²) in [6.07, 6.45) is 4.57. The molecule has 1 heterocycles. The molecule has 0 saturated carbocycles. The molecule has 0 aliphatic carbocycles. The second-order valence-corrected chi connectivity index (χ2v) is 4.59. The predicted molar refractivity (Wildman–Crippen MR) is 75.1 cm³/mol. The molecule has 1 aromatic carbocycles. The maximum absolute atomic E-state index is 6.13. The van der Waals surface area contributed by atoms with E-state index in [0.717, 1.165) is 23.5 Å². The molecule has 1 atom stereocenters. The molecule has 96 valence electrons. The Bertz CT molecular complexity index is 516. The summed E-state index contributed by atoms with van der Waals surface area (Å²) < 4.78 is 2.07. The number of imidazole rings is 1. The molecule has 0 bridgehead atoms. The molecule has 0 aliphatic heterocycles. The van der Waals surface area contributed by atoms with Crippen LogP contribution in [-0.4, -0.2) is 23.6 Å². The third kappa shape index (κ3) is 2.24. The minimum atomic E-state index is 0.0164. The number of hydrogen-bond acceptors (Lipinski definition) is 3. The smallest absolute Gasteiger partial charge is 0.0995 e. The van der Waals surface area contributed by atoms with Crippen LogP contribution in [-0.2, 0) is 0 Å². The van der Waals surface area contributed by atoms with Gasteiger partial charge in [0.25, 0.3) is 0 Å². The molecule has 4 heteroatoms. The van der Waals surface area contributed by atoms with E-state index in [1.807, 2.05) is 38.8 Å². The zero-order valence-corrected chi connectivity index (χ0v) is 11.2. The summed E-state index contributed by atoms with van der Waals surface area (Å²) in [5.74, 6) is 0. The van der Waals surface area contributed by atoms with Gasteiger partial charge in [-0.1, -0.05) is 19.1 Å². The Morgan fingerprint density at radius 1 is 1.33 bits per heavy atom. The number of hydrogen-bond donors (Lipinski definition) is 1. The lowest BCUT2D eigenvalue weighted by Crippen LogP contribution is -2.16. The molecular weight excluding hydrogens is 224 g/mol. The fraction of sp³-hybridized carbons (Fsp3) is 0.357. The summed E-state index contributed by atoms with van der Waals surface area (Å²) in [6, 6.07) is 8.26. The molecule has 2 N–H and O–H groups in total. The quantitative estimate of drug-likeness (QED) is 0.898. The summed E-state index contributed by atoms with van der Waals surface area (Å²) in [5.41, 5.74) is 9.44. The lowest BCUT2D eigenvalue weighted by Gasteiger charge is -2.20. The number of anilines is 1. The van der Waals surface area contributed by atoms with Crippen LogP contribution in [0, 0.1) is 0 Å². The van der Waals surface area contributed by atoms with Crippen LogP contribution >= 0.6 is 0 Å². The van der Waals surface area contributed by atoms with Gasteiger partial charge in [0.15, 0.2) is 0 Å². The van der Waals surface area contributed by atoms with E-state index in [2.05, 4.69) is 33.5 Å². The standard InChI is InChI=1S/C14H20N4/c1-4-11(15)14-9-16-10-18(14)13-8-6-5-7-12(13)17(2)3/h5-11H,4,15H2,1-3H3/t11-/m1/s1. The highest BCUT2D eigenvalue weighted by Gasteiger charge is 2.13. The number of nitrogens with two attached hydrogens (primary N) is 1. The van der Waals surface area contributed by atoms with Crippen LogP contribution in [0.4, 0.5) is 5.69 Å². The van der Waals surface area contributed by atoms with Crippen LogP contribution < -0.4 is 10.6 Å². The van der Waals surface area contributed by atoms with Gasteiger partial charge in [0.1, 0.15) is 0 Å². The first kappa shape index (κ1) is 12.6. The zero-order chi connectivity index (χ0) is 13.1. The van der Waals surface area contributed by atoms with Gasteiger partial charge in [-0.05, 0) is 18.6 Å². The maximum Gasteiger partial charge on any atom is 0.0995 e. The van der Waals surface area contributed by atoms with Gasteiger partial charge in [-0.2, -0.15) is 0 Å². The molecule has 0 saturated heterocycles. The van der Waals surface area contributed by atoms with E-state index in [4.69, 9.17) is 5.73 Å². The first-order valence-corrected chi connectivity index (χ1v) is 6.19. The van der Waals surface area contributed by atoms with Crippen LogP contribution in [0.25, 0.3) is 5.69 Å². The Morgan fingerprint density at radius 2 is 2.06 bits per heavy atom. The molecule has 2 rings (SSSR count). The molecule has 0 fully saturated rings. The maximum atomic E-state index is 6.13. The number of para-hydroxylation sites is 2. The number of benzene rings is 1. The number of rotatable bonds is 4. The number of nitrogens with zero attached hydrogens (tertiary/aromatic N) is 3. The van der Waals surface area contributed by atoms with E-state index in [1.54, 1.807) is 0 Å². The molecule has 1 aromatic heterocycles. The fourth-order valence-electron chi connectivity index (χ4n) is 2.04. The Labute approximate surface area is 108 Å². The molecule has 0 radical (unpaired) electrons. The SMILES string of the molecule is CC[C@@H](N)c1cncn1-c1ccccc1N(C)C. The van der Waals surface area contributed by atoms with E-state index in [9.17, 15) is 0 Å². The molecule has 0 aliphatic rings. The normalized spacial score (nSPS) is 12.4. The van der Waals surface area contributed by atoms with E-state index in [-0.39, 0.29) is 6.04 Å². The minimum absolute atomic E-state index is 0.0164. The summed E-state index contributed by atoms with van der Waals surface area (Å²) >= 11 is 0. The average molecular weight is 244 g/mol. The summed E-state index contributed by atoms with van der Waals surface area (Å²) in [5, 5.41) is 0. The topological polar surface area (TPSA) is 47.1 Å². The molecular formula is C14H20N4. The molecule has 2 aromatic rings. The highest BCUT2D eigenvalue weighted by molar-refractivity contribution is 5.62. The predicted octanol–water partition coefficient (Wildman–Crippen LogP) is 2.35. The van der Waals surface area contributed by atoms with Gasteiger partial charge in [-0.25, -0.2) is 4.98 Å². The second kappa shape index (κ2) is 5.23. The summed E-state index contributed by atoms with van der Waals surface area (Å²) in [4.78, 5) is 6.33. The highest BCUT2D eigenvalue weighted by Crippen LogP contribution is 2.26. The van der Waals surface area contributed by atoms with E-state index in [0.29, 0.717) is 0 Å². The van der Waals surface area contributed by atoms with Crippen molar-refractivity contribution in [2.75, 3.05) is 19.0 Å². The summed E-state index contributed by atoms with van der Waals surface area (Å²) in [7, 11) is 4.07. The van der Waals surface area contributed by atoms with Crippen molar-refractivity contribution in [3.8, 4) is 5.69 Å². The van der Waals surface area contributed by atoms with Crippen molar-refractivity contribution in [3.63, 3.8) is 0 Å². The van der Waals surface area contributed by atoms with Gasteiger partial charge in [0.2, 0.25) is 0 Å². The number of aromatic nitrogens is 2. The molecule has 0 spiro atoms. The Hall–Kier alpha value is -1.81. The van der Waals surface area contributed by atoms with E-state index < -0.39 is 0 Å². The van der Waals surface area contributed by atoms with Gasteiger partial charge < -0.3 is 10.6 Å². The van der Waals surface area contributed by atoms with Crippen LogP contribution in [0.3, 0.4) is 0 Å². The van der Waals surface area contributed by atoms with Crippen LogP contribution in [0.1, 0.15) is 25.1 Å². The van der Waals surface area contributed by atoms with Crippen molar-refractivity contribution in [3.05, 3.63) is 42.5 Å². The van der Waals surface area contributed by atoms with Gasteiger partial charge in [-0.15, -0.1) is 0 Å². The van der Waals surface area contributed by atoms with Crippen LogP contribution in [0.2, 0.25) is 0 Å². The van der Waals surface area contributed by atoms with Crippen molar-refractivity contribution in [1.82, 2.24) is 9.55 Å². The van der Waals surface area contributed by atoms with Gasteiger partial charge in [0.05, 0.1) is 29.6 Å². The Balaban J connectivity index is 2.52. The monoisotopic (exact) mass is 244 g/mol. The third-order valence-electron chi connectivity index (χ3n) is 3.11. The van der Waals surface area contributed by atoms with Gasteiger partial charge in [-0.3, -0.25) is 4.57 Å². The highest BCUT2D eigenvalue weighted by atomic mass is 15.1. The largest absolute Gasteiger partial charge is 0.376 e. The Kier molecular flexibility index (Phi) is 3.67. The second-order valence-electron chi connectivity index (χ2n) is 4.59. The van der Waals surface area contributed by atoms with Crippen molar-refractivity contribution >= 4 is 5.69 Å². The van der Waals surface area contributed by atoms with E-state index >= 15 is 0 Å². The summed E-state index contributed by atoms with van der Waals surface area (Å²) in [6.45, 7) is 2.08. The lowest BCUT2D eigenvalue weighted by atomic mass is 10.1. The van der Waals surface area contributed by atoms with E-state index in [1.165, 1.54) is 0 Å². The van der Waals surface area contributed by atoms with Gasteiger partial charge in [0, 0.05) is 20.1 Å². The molecule has 0 amide bonds. The molecule has 18 heavy (non-hydrogen) atoms. The first-order chi connectivity index (χ1) is 8.65. The van der Waals surface area contributed by atoms with Crippen molar-refractivity contribution < 1.29 is 0 Å². The molecule has 4 nitrogen and oxygen atoms in total. The lowest BCUT2D eigenvalue weighted by molar-refractivity contribution is 0.659. The van der Waals surface area contributed by atoms with Crippen molar-refractivity contribution in [2.24, 2.45) is 5.73 Å². The van der Waals surface area contributed by atoms with Crippen LogP contribution in [0.15, 0.2) is 36.8 Å². The minimum Gasteiger partial charge on any atom is -0.376 e. The fourth-order valence-corrected chi connectivity index (χ4v) is 2.04. The average Bonchev–Trinajstić information content (AvgIpc) is 2.86. The van der Waals surface area contributed by atoms with Crippen molar-refractivity contribution in [1.29, 1.82) is 0 Å². The third-order valence-corrected chi connectivity index (χ3v) is 3.11.